The second-order valence-corrected chi connectivity index (χ2v) is 4.79. The second-order valence-electron chi connectivity index (χ2n) is 4.00. The molecule has 15 heavy (non-hydrogen) atoms. The van der Waals surface area contributed by atoms with Crippen LogP contribution in [-0.4, -0.2) is 11.2 Å². The highest BCUT2D eigenvalue weighted by molar-refractivity contribution is 9.10. The maximum atomic E-state index is 13.2. The topological polar surface area (TPSA) is 46.2 Å². The predicted molar refractivity (Wildman–Crippen MR) is 59.8 cm³/mol. The Labute approximate surface area is 96.4 Å². The van der Waals surface area contributed by atoms with Crippen LogP contribution >= 0.6 is 15.9 Å². The lowest BCUT2D eigenvalue weighted by Gasteiger charge is -2.20. The van der Waals surface area contributed by atoms with Crippen molar-refractivity contribution in [3.8, 4) is 0 Å². The van der Waals surface area contributed by atoms with Crippen molar-refractivity contribution in [2.75, 3.05) is 0 Å². The molecular formula is C11H13BrFNO. The van der Waals surface area contributed by atoms with Gasteiger partial charge in [0.25, 0.3) is 0 Å². The highest BCUT2D eigenvalue weighted by Crippen LogP contribution is 2.38. The lowest BCUT2D eigenvalue weighted by Crippen LogP contribution is -2.28. The van der Waals surface area contributed by atoms with Crippen LogP contribution in [0.1, 0.15) is 24.4 Å². The van der Waals surface area contributed by atoms with E-state index in [1.54, 1.807) is 12.1 Å². The number of hydrogen-bond donors (Lipinski definition) is 2. The highest BCUT2D eigenvalue weighted by Gasteiger charge is 2.35. The Balaban J connectivity index is 2.24. The Morgan fingerprint density at radius 1 is 1.47 bits per heavy atom. The van der Waals surface area contributed by atoms with Crippen molar-refractivity contribution in [1.29, 1.82) is 0 Å². The van der Waals surface area contributed by atoms with E-state index in [2.05, 4.69) is 15.9 Å². The van der Waals surface area contributed by atoms with Crippen molar-refractivity contribution in [2.24, 2.45) is 11.7 Å². The maximum Gasteiger partial charge on any atom is 0.137 e. The Morgan fingerprint density at radius 2 is 2.13 bits per heavy atom. The minimum Gasteiger partial charge on any atom is -0.391 e. The molecule has 82 valence electrons. The van der Waals surface area contributed by atoms with Crippen LogP contribution in [0.4, 0.5) is 4.39 Å². The zero-order valence-electron chi connectivity index (χ0n) is 8.16. The number of nitrogens with two attached hydrogens (primary N) is 1. The second kappa shape index (κ2) is 4.20. The summed E-state index contributed by atoms with van der Waals surface area (Å²) in [4.78, 5) is 0. The summed E-state index contributed by atoms with van der Waals surface area (Å²) in [7, 11) is 0. The fourth-order valence-electron chi connectivity index (χ4n) is 1.69. The maximum absolute atomic E-state index is 13.2. The van der Waals surface area contributed by atoms with E-state index in [0.29, 0.717) is 10.0 Å². The Hall–Kier alpha value is -0.450. The third kappa shape index (κ3) is 2.22. The number of rotatable bonds is 3. The summed E-state index contributed by atoms with van der Waals surface area (Å²) in [6, 6.07) is 4.20. The molecule has 0 heterocycles. The van der Waals surface area contributed by atoms with Gasteiger partial charge in [-0.25, -0.2) is 4.39 Å². The summed E-state index contributed by atoms with van der Waals surface area (Å²) < 4.78 is 13.6. The monoisotopic (exact) mass is 273 g/mol. The van der Waals surface area contributed by atoms with E-state index in [4.69, 9.17) is 5.73 Å². The summed E-state index contributed by atoms with van der Waals surface area (Å²) >= 11 is 3.15. The molecule has 1 aliphatic carbocycles. The molecule has 0 aromatic heterocycles. The van der Waals surface area contributed by atoms with Crippen LogP contribution < -0.4 is 5.73 Å². The molecule has 0 bridgehead atoms. The third-order valence-corrected chi connectivity index (χ3v) is 3.65. The number of hydrogen-bond acceptors (Lipinski definition) is 2. The third-order valence-electron chi connectivity index (χ3n) is 2.81. The molecule has 1 aromatic carbocycles. The van der Waals surface area contributed by atoms with Crippen LogP contribution in [-0.2, 0) is 0 Å². The first-order chi connectivity index (χ1) is 7.11. The molecule has 3 N–H and O–H groups in total. The van der Waals surface area contributed by atoms with Gasteiger partial charge in [0.05, 0.1) is 16.6 Å². The first-order valence-corrected chi connectivity index (χ1v) is 5.78. The lowest BCUT2D eigenvalue weighted by molar-refractivity contribution is 0.122. The number of halogens is 2. The van der Waals surface area contributed by atoms with Gasteiger partial charge in [-0.2, -0.15) is 0 Å². The van der Waals surface area contributed by atoms with Gasteiger partial charge in [-0.3, -0.25) is 0 Å². The molecule has 1 fully saturated rings. The summed E-state index contributed by atoms with van der Waals surface area (Å²) in [5.41, 5.74) is 6.54. The van der Waals surface area contributed by atoms with Gasteiger partial charge in [-0.15, -0.1) is 0 Å². The molecule has 0 saturated heterocycles. The zero-order valence-corrected chi connectivity index (χ0v) is 9.74. The molecule has 1 saturated carbocycles. The van der Waals surface area contributed by atoms with Crippen molar-refractivity contribution >= 4 is 15.9 Å². The molecule has 4 heteroatoms. The summed E-state index contributed by atoms with van der Waals surface area (Å²) in [6.45, 7) is 0. The molecule has 0 spiro atoms. The Morgan fingerprint density at radius 3 is 2.73 bits per heavy atom. The van der Waals surface area contributed by atoms with Gasteiger partial charge >= 0.3 is 0 Å². The molecule has 0 radical (unpaired) electrons. The average molecular weight is 274 g/mol. The van der Waals surface area contributed by atoms with Gasteiger partial charge in [-0.05, 0) is 46.3 Å². The van der Waals surface area contributed by atoms with Crippen molar-refractivity contribution in [1.82, 2.24) is 0 Å². The molecular weight excluding hydrogens is 261 g/mol. The van der Waals surface area contributed by atoms with E-state index in [1.165, 1.54) is 6.07 Å². The van der Waals surface area contributed by atoms with Crippen molar-refractivity contribution in [2.45, 2.75) is 25.0 Å². The zero-order chi connectivity index (χ0) is 11.0. The fourth-order valence-corrected chi connectivity index (χ4v) is 2.22. The van der Waals surface area contributed by atoms with E-state index in [1.807, 2.05) is 0 Å². The lowest BCUT2D eigenvalue weighted by atomic mass is 9.99. The van der Waals surface area contributed by atoms with Gasteiger partial charge < -0.3 is 10.8 Å². The minimum atomic E-state index is -0.567. The molecule has 0 unspecified atom stereocenters. The molecule has 1 aromatic rings. The van der Waals surface area contributed by atoms with Crippen LogP contribution in [0.2, 0.25) is 0 Å². The molecule has 0 aliphatic heterocycles. The van der Waals surface area contributed by atoms with Crippen molar-refractivity contribution < 1.29 is 9.50 Å². The van der Waals surface area contributed by atoms with E-state index in [0.717, 1.165) is 12.8 Å². The predicted octanol–water partition coefficient (Wildman–Crippen LogP) is 2.36. The normalized spacial score (nSPS) is 20.0. The van der Waals surface area contributed by atoms with Crippen LogP contribution in [0.25, 0.3) is 0 Å². The molecule has 0 amide bonds. The number of aliphatic hydroxyl groups is 1. The van der Waals surface area contributed by atoms with E-state index >= 15 is 0 Å². The SMILES string of the molecule is N[C@@H](c1cccc(F)c1Br)[C@H](O)C1CC1. The smallest absolute Gasteiger partial charge is 0.137 e. The minimum absolute atomic E-state index is 0.287. The van der Waals surface area contributed by atoms with E-state index in [-0.39, 0.29) is 11.7 Å². The van der Waals surface area contributed by atoms with Crippen LogP contribution in [0, 0.1) is 11.7 Å². The highest BCUT2D eigenvalue weighted by atomic mass is 79.9. The van der Waals surface area contributed by atoms with E-state index < -0.39 is 12.1 Å². The molecule has 2 nitrogen and oxygen atoms in total. The quantitative estimate of drug-likeness (QED) is 0.888. The van der Waals surface area contributed by atoms with Gasteiger partial charge in [0.1, 0.15) is 5.82 Å². The molecule has 2 rings (SSSR count). The Bertz CT molecular complexity index is 368. The number of benzene rings is 1. The average Bonchev–Trinajstić information content (AvgIpc) is 3.03. The van der Waals surface area contributed by atoms with Gasteiger partial charge in [0.2, 0.25) is 0 Å². The first-order valence-electron chi connectivity index (χ1n) is 4.99. The first kappa shape index (κ1) is 11.0. The summed E-state index contributed by atoms with van der Waals surface area (Å²) in [5.74, 6) is -0.0545. The fraction of sp³-hybridized carbons (Fsp3) is 0.455. The molecule has 2 atom stereocenters. The largest absolute Gasteiger partial charge is 0.391 e. The van der Waals surface area contributed by atoms with Gasteiger partial charge in [0, 0.05) is 0 Å². The van der Waals surface area contributed by atoms with Crippen LogP contribution in [0.3, 0.4) is 0 Å². The Kier molecular flexibility index (Phi) is 3.09. The standard InChI is InChI=1S/C11H13BrFNO/c12-9-7(2-1-3-8(9)13)10(14)11(15)6-4-5-6/h1-3,6,10-11,15H,4-5,14H2/t10-,11+/m0/s1. The molecule has 1 aliphatic rings. The summed E-state index contributed by atoms with van der Waals surface area (Å²) in [6.07, 6.45) is 1.46. The van der Waals surface area contributed by atoms with Crippen molar-refractivity contribution in [3.05, 3.63) is 34.1 Å². The summed E-state index contributed by atoms with van der Waals surface area (Å²) in [5, 5.41) is 9.86. The van der Waals surface area contributed by atoms with Crippen LogP contribution in [0.5, 0.6) is 0 Å². The number of aliphatic hydroxyl groups excluding tert-OH is 1. The van der Waals surface area contributed by atoms with Crippen molar-refractivity contribution in [3.63, 3.8) is 0 Å². The van der Waals surface area contributed by atoms with Gasteiger partial charge in [0.15, 0.2) is 0 Å². The van der Waals surface area contributed by atoms with E-state index in [9.17, 15) is 9.50 Å². The van der Waals surface area contributed by atoms with Crippen LogP contribution in [0.15, 0.2) is 22.7 Å². The van der Waals surface area contributed by atoms with Gasteiger partial charge in [-0.1, -0.05) is 12.1 Å².